The summed E-state index contributed by atoms with van der Waals surface area (Å²) in [7, 11) is -3.91. The van der Waals surface area contributed by atoms with Crippen molar-refractivity contribution in [3.8, 4) is 0 Å². The fourth-order valence-corrected chi connectivity index (χ4v) is 3.79. The van der Waals surface area contributed by atoms with Crippen LogP contribution in [-0.2, 0) is 18.3 Å². The van der Waals surface area contributed by atoms with E-state index in [0.717, 1.165) is 12.8 Å². The molecule has 1 unspecified atom stereocenters. The van der Waals surface area contributed by atoms with Gasteiger partial charge in [-0.1, -0.05) is 90.4 Å². The van der Waals surface area contributed by atoms with Gasteiger partial charge in [0.1, 0.15) is 0 Å². The minimum atomic E-state index is -3.91. The van der Waals surface area contributed by atoms with Crippen LogP contribution in [0.25, 0.3) is 0 Å². The fourth-order valence-electron chi connectivity index (χ4n) is 2.95. The van der Waals surface area contributed by atoms with Gasteiger partial charge in [-0.3, -0.25) is 4.52 Å². The van der Waals surface area contributed by atoms with Crippen molar-refractivity contribution >= 4 is 19.4 Å². The smallest absolute Gasteiger partial charge is 1.00 e. The SMILES string of the molecule is CCCCCCCCCCCCCCCCC=COP(=O)(OO)OCCCCl.[H-].[K+]. The van der Waals surface area contributed by atoms with Crippen molar-refractivity contribution in [3.05, 3.63) is 12.3 Å². The first-order valence-electron chi connectivity index (χ1n) is 11.2. The number of phosphoric acid groups is 1. The zero-order valence-electron chi connectivity index (χ0n) is 19.8. The molecule has 0 aliphatic rings. The van der Waals surface area contributed by atoms with Gasteiger partial charge in [0.15, 0.2) is 0 Å². The Hall–Kier alpha value is 1.58. The molecule has 1 atom stereocenters. The Bertz CT molecular complexity index is 406. The van der Waals surface area contributed by atoms with Gasteiger partial charge in [-0.25, -0.2) is 9.82 Å². The molecule has 0 rings (SSSR count). The van der Waals surface area contributed by atoms with E-state index in [1.54, 1.807) is 6.08 Å². The third kappa shape index (κ3) is 24.1. The van der Waals surface area contributed by atoms with Crippen LogP contribution < -0.4 is 51.4 Å². The summed E-state index contributed by atoms with van der Waals surface area (Å²) in [6.07, 6.45) is 23.0. The molecule has 0 bridgehead atoms. The maximum absolute atomic E-state index is 11.8. The van der Waals surface area contributed by atoms with E-state index in [9.17, 15) is 4.57 Å². The normalized spacial score (nSPS) is 13.3. The number of unbranched alkanes of at least 4 members (excludes halogenated alkanes) is 14. The van der Waals surface area contributed by atoms with Gasteiger partial charge in [-0.15, -0.1) is 16.3 Å². The summed E-state index contributed by atoms with van der Waals surface area (Å²) >= 11 is 5.50. The quantitative estimate of drug-likeness (QED) is 0.0406. The Labute approximate surface area is 228 Å². The molecule has 0 aromatic heterocycles. The molecular formula is C21H43ClKO5P. The summed E-state index contributed by atoms with van der Waals surface area (Å²) in [5.41, 5.74) is 0. The number of rotatable bonds is 22. The Morgan fingerprint density at radius 3 is 1.79 bits per heavy atom. The van der Waals surface area contributed by atoms with Crippen LogP contribution in [0.2, 0.25) is 0 Å². The molecule has 1 N–H and O–H groups in total. The van der Waals surface area contributed by atoms with E-state index in [1.165, 1.54) is 89.7 Å². The predicted molar refractivity (Wildman–Crippen MR) is 119 cm³/mol. The third-order valence-corrected chi connectivity index (χ3v) is 5.98. The average molecular weight is 481 g/mol. The number of hydrogen-bond acceptors (Lipinski definition) is 5. The number of phosphoric ester groups is 1. The van der Waals surface area contributed by atoms with Crippen molar-refractivity contribution in [3.63, 3.8) is 0 Å². The molecule has 0 heterocycles. The summed E-state index contributed by atoms with van der Waals surface area (Å²) in [5.74, 6) is 0.375. The van der Waals surface area contributed by atoms with E-state index in [1.807, 2.05) is 0 Å². The molecule has 8 heteroatoms. The first-order valence-corrected chi connectivity index (χ1v) is 13.1. The molecule has 0 radical (unpaired) electrons. The number of halogens is 1. The molecule has 0 fully saturated rings. The molecule has 5 nitrogen and oxygen atoms in total. The van der Waals surface area contributed by atoms with Crippen molar-refractivity contribution < 1.29 is 76.4 Å². The van der Waals surface area contributed by atoms with Gasteiger partial charge < -0.3 is 5.95 Å². The van der Waals surface area contributed by atoms with Gasteiger partial charge in [-0.2, -0.15) is 0 Å². The van der Waals surface area contributed by atoms with E-state index >= 15 is 0 Å². The number of alkyl halides is 1. The average Bonchev–Trinajstić information content (AvgIpc) is 2.70. The molecule has 0 saturated heterocycles. The van der Waals surface area contributed by atoms with Crippen molar-refractivity contribution in [2.45, 2.75) is 110 Å². The summed E-state index contributed by atoms with van der Waals surface area (Å²) in [6, 6.07) is 0. The first kappa shape index (κ1) is 32.8. The van der Waals surface area contributed by atoms with Crippen LogP contribution in [0, 0.1) is 0 Å². The Morgan fingerprint density at radius 2 is 1.34 bits per heavy atom. The Kier molecular flexibility index (Phi) is 29.2. The third-order valence-electron chi connectivity index (χ3n) is 4.64. The van der Waals surface area contributed by atoms with Gasteiger partial charge in [0, 0.05) is 5.88 Å². The minimum absolute atomic E-state index is 0. The molecule has 0 saturated carbocycles. The second kappa shape index (κ2) is 25.8. The van der Waals surface area contributed by atoms with Gasteiger partial charge in [0.2, 0.25) is 0 Å². The molecular weight excluding hydrogens is 438 g/mol. The second-order valence-electron chi connectivity index (χ2n) is 7.27. The molecule has 0 aromatic rings. The Morgan fingerprint density at radius 1 is 0.862 bits per heavy atom. The van der Waals surface area contributed by atoms with E-state index < -0.39 is 7.82 Å². The van der Waals surface area contributed by atoms with Crippen molar-refractivity contribution in [1.82, 2.24) is 0 Å². The molecule has 0 aromatic carbocycles. The van der Waals surface area contributed by atoms with Gasteiger partial charge >= 0.3 is 59.2 Å². The summed E-state index contributed by atoms with van der Waals surface area (Å²) in [6.45, 7) is 2.37. The number of allylic oxidation sites excluding steroid dienone is 1. The second-order valence-corrected chi connectivity index (χ2v) is 9.17. The van der Waals surface area contributed by atoms with Gasteiger partial charge in [-0.05, 0) is 25.3 Å². The van der Waals surface area contributed by atoms with Crippen LogP contribution in [0.5, 0.6) is 0 Å². The zero-order chi connectivity index (χ0) is 20.8. The molecule has 0 spiro atoms. The first-order chi connectivity index (χ1) is 13.7. The summed E-state index contributed by atoms with van der Waals surface area (Å²) < 4.78 is 25.4. The Balaban J connectivity index is -0.00000364. The van der Waals surface area contributed by atoms with Crippen LogP contribution in [0.4, 0.5) is 0 Å². The van der Waals surface area contributed by atoms with E-state index in [-0.39, 0.29) is 59.4 Å². The summed E-state index contributed by atoms with van der Waals surface area (Å²) in [5, 5.41) is 8.64. The molecule has 0 amide bonds. The van der Waals surface area contributed by atoms with Crippen molar-refractivity contribution in [2.24, 2.45) is 0 Å². The maximum Gasteiger partial charge on any atom is 1.00 e. The van der Waals surface area contributed by atoms with Gasteiger partial charge in [0.25, 0.3) is 0 Å². The molecule has 29 heavy (non-hydrogen) atoms. The van der Waals surface area contributed by atoms with Crippen LogP contribution in [0.3, 0.4) is 0 Å². The van der Waals surface area contributed by atoms with E-state index in [2.05, 4.69) is 11.6 Å². The van der Waals surface area contributed by atoms with Gasteiger partial charge in [0.05, 0.1) is 12.9 Å². The minimum Gasteiger partial charge on any atom is -1.00 e. The maximum atomic E-state index is 11.8. The van der Waals surface area contributed by atoms with Crippen molar-refractivity contribution in [1.29, 1.82) is 0 Å². The van der Waals surface area contributed by atoms with Crippen LogP contribution in [0.1, 0.15) is 111 Å². The van der Waals surface area contributed by atoms with Crippen LogP contribution in [0.15, 0.2) is 12.3 Å². The molecule has 170 valence electrons. The van der Waals surface area contributed by atoms with Crippen LogP contribution in [-0.4, -0.2) is 17.7 Å². The largest absolute Gasteiger partial charge is 1.00 e. The number of hydrogen-bond donors (Lipinski definition) is 1. The van der Waals surface area contributed by atoms with E-state index in [4.69, 9.17) is 25.9 Å². The zero-order valence-corrected chi connectivity index (χ0v) is 23.6. The monoisotopic (exact) mass is 480 g/mol. The standard InChI is InChI=1S/C21H42ClO5P.K.H/c1-2-3-4-5-6-7-8-9-10-11-12-13-14-15-16-17-20-25-28(24,27-23)26-21-18-19-22;;/h17,20,23H,2-16,18-19,21H2,1H3;;/q;+1;-1. The fraction of sp³-hybridized carbons (Fsp3) is 0.905. The summed E-state index contributed by atoms with van der Waals surface area (Å²) in [4.78, 5) is 0. The predicted octanol–water partition coefficient (Wildman–Crippen LogP) is 5.75. The topological polar surface area (TPSA) is 65.0 Å². The van der Waals surface area contributed by atoms with Crippen LogP contribution >= 0.6 is 19.4 Å². The van der Waals surface area contributed by atoms with Crippen molar-refractivity contribution in [2.75, 3.05) is 12.5 Å². The van der Waals surface area contributed by atoms with E-state index in [0.29, 0.717) is 12.3 Å². The molecule has 0 aliphatic heterocycles. The molecule has 0 aliphatic carbocycles.